The number of carbonyl (C=O) groups is 1. The molecule has 0 amide bonds. The van der Waals surface area contributed by atoms with E-state index in [-0.39, 0.29) is 19.0 Å². The van der Waals surface area contributed by atoms with Gasteiger partial charge in [0.05, 0.1) is 0 Å². The Morgan fingerprint density at radius 2 is 1.95 bits per heavy atom. The standard InChI is InChI=1S/C11H22N2O5S/c1-13(9-5-3-2-4-6-9)19(17,18)12-8-7-10(14)11(15)16/h9-10,12,14H,2-8H2,1H3,(H,15,16). The second kappa shape index (κ2) is 7.18. The van der Waals surface area contributed by atoms with Gasteiger partial charge in [0.2, 0.25) is 0 Å². The van der Waals surface area contributed by atoms with Crippen LogP contribution >= 0.6 is 0 Å². The largest absolute Gasteiger partial charge is 0.479 e. The molecule has 3 N–H and O–H groups in total. The minimum atomic E-state index is -3.60. The lowest BCUT2D eigenvalue weighted by atomic mass is 9.96. The van der Waals surface area contributed by atoms with Crippen molar-refractivity contribution in [1.82, 2.24) is 9.03 Å². The molecule has 0 aromatic heterocycles. The van der Waals surface area contributed by atoms with E-state index in [4.69, 9.17) is 10.2 Å². The van der Waals surface area contributed by atoms with E-state index in [0.717, 1.165) is 32.1 Å². The average Bonchev–Trinajstić information content (AvgIpc) is 2.38. The first-order valence-corrected chi connectivity index (χ1v) is 7.92. The van der Waals surface area contributed by atoms with E-state index in [1.54, 1.807) is 0 Å². The quantitative estimate of drug-likeness (QED) is 0.609. The molecule has 112 valence electrons. The molecule has 0 aliphatic heterocycles. The van der Waals surface area contributed by atoms with Crippen LogP contribution in [0.3, 0.4) is 0 Å². The second-order valence-corrected chi connectivity index (χ2v) is 6.66. The smallest absolute Gasteiger partial charge is 0.332 e. The third kappa shape index (κ3) is 5.06. The highest BCUT2D eigenvalue weighted by Crippen LogP contribution is 2.22. The zero-order chi connectivity index (χ0) is 14.5. The summed E-state index contributed by atoms with van der Waals surface area (Å²) in [5.41, 5.74) is 0. The van der Waals surface area contributed by atoms with Gasteiger partial charge in [-0.25, -0.2) is 9.52 Å². The summed E-state index contributed by atoms with van der Waals surface area (Å²) in [7, 11) is -2.07. The van der Waals surface area contributed by atoms with Crippen molar-refractivity contribution in [2.24, 2.45) is 0 Å². The van der Waals surface area contributed by atoms with Gasteiger partial charge in [-0.15, -0.1) is 0 Å². The van der Waals surface area contributed by atoms with Gasteiger partial charge in [0.1, 0.15) is 0 Å². The number of nitrogens with zero attached hydrogens (tertiary/aromatic N) is 1. The second-order valence-electron chi connectivity index (χ2n) is 4.85. The Morgan fingerprint density at radius 3 is 2.47 bits per heavy atom. The fourth-order valence-electron chi connectivity index (χ4n) is 2.19. The van der Waals surface area contributed by atoms with Crippen LogP contribution in [-0.4, -0.2) is 54.6 Å². The SMILES string of the molecule is CN(C1CCCCC1)S(=O)(=O)NCCC(O)C(=O)O. The van der Waals surface area contributed by atoms with E-state index >= 15 is 0 Å². The Morgan fingerprint density at radius 1 is 1.37 bits per heavy atom. The fourth-order valence-corrected chi connectivity index (χ4v) is 3.37. The first-order valence-electron chi connectivity index (χ1n) is 6.48. The van der Waals surface area contributed by atoms with Crippen LogP contribution in [0, 0.1) is 0 Å². The average molecular weight is 294 g/mol. The number of rotatable bonds is 7. The number of carboxylic acids is 1. The molecule has 1 aliphatic carbocycles. The van der Waals surface area contributed by atoms with E-state index in [1.165, 1.54) is 11.4 Å². The van der Waals surface area contributed by atoms with Gasteiger partial charge >= 0.3 is 5.97 Å². The predicted octanol–water partition coefficient (Wildman–Crippen LogP) is -0.0791. The highest BCUT2D eigenvalue weighted by Gasteiger charge is 2.27. The van der Waals surface area contributed by atoms with E-state index in [0.29, 0.717) is 0 Å². The van der Waals surface area contributed by atoms with Gasteiger partial charge in [-0.2, -0.15) is 12.7 Å². The van der Waals surface area contributed by atoms with Crippen molar-refractivity contribution in [3.63, 3.8) is 0 Å². The van der Waals surface area contributed by atoms with Gasteiger partial charge in [-0.3, -0.25) is 0 Å². The van der Waals surface area contributed by atoms with E-state index in [1.807, 2.05) is 0 Å². The maximum atomic E-state index is 12.0. The first kappa shape index (κ1) is 16.4. The molecule has 1 saturated carbocycles. The van der Waals surface area contributed by atoms with Crippen LogP contribution < -0.4 is 4.72 Å². The molecule has 0 saturated heterocycles. The van der Waals surface area contributed by atoms with Crippen molar-refractivity contribution >= 4 is 16.2 Å². The lowest BCUT2D eigenvalue weighted by molar-refractivity contribution is -0.146. The Balaban J connectivity index is 2.43. The fraction of sp³-hybridized carbons (Fsp3) is 0.909. The monoisotopic (exact) mass is 294 g/mol. The highest BCUT2D eigenvalue weighted by atomic mass is 32.2. The topological polar surface area (TPSA) is 107 Å². The van der Waals surface area contributed by atoms with Crippen molar-refractivity contribution < 1.29 is 23.4 Å². The Hall–Kier alpha value is -0.700. The maximum absolute atomic E-state index is 12.0. The van der Waals surface area contributed by atoms with Gasteiger partial charge < -0.3 is 10.2 Å². The first-order chi connectivity index (χ1) is 8.84. The van der Waals surface area contributed by atoms with E-state index in [2.05, 4.69) is 4.72 Å². The molecule has 1 aliphatic rings. The molecule has 7 nitrogen and oxygen atoms in total. The van der Waals surface area contributed by atoms with Crippen LogP contribution in [0.1, 0.15) is 38.5 Å². The third-order valence-corrected chi connectivity index (χ3v) is 5.08. The van der Waals surface area contributed by atoms with Gasteiger partial charge in [-0.05, 0) is 19.3 Å². The summed E-state index contributed by atoms with van der Waals surface area (Å²) < 4.78 is 27.6. The van der Waals surface area contributed by atoms with Crippen LogP contribution in [0.15, 0.2) is 0 Å². The maximum Gasteiger partial charge on any atom is 0.332 e. The van der Waals surface area contributed by atoms with Gasteiger partial charge in [0, 0.05) is 19.6 Å². The molecule has 0 aromatic carbocycles. The molecule has 1 rings (SSSR count). The molecule has 0 radical (unpaired) electrons. The Labute approximate surface area is 113 Å². The van der Waals surface area contributed by atoms with Crippen molar-refractivity contribution in [3.8, 4) is 0 Å². The molecule has 0 bridgehead atoms. The number of aliphatic hydroxyl groups excluding tert-OH is 1. The number of carboxylic acid groups (broad SMARTS) is 1. The van der Waals surface area contributed by atoms with Crippen LogP contribution in [0.5, 0.6) is 0 Å². The van der Waals surface area contributed by atoms with Crippen molar-refractivity contribution in [2.75, 3.05) is 13.6 Å². The number of aliphatic hydroxyl groups is 1. The normalized spacial score (nSPS) is 19.5. The molecule has 8 heteroatoms. The molecule has 1 unspecified atom stereocenters. The Bertz CT molecular complexity index is 392. The summed E-state index contributed by atoms with van der Waals surface area (Å²) >= 11 is 0. The van der Waals surface area contributed by atoms with Gasteiger partial charge in [0.25, 0.3) is 10.2 Å². The highest BCUT2D eigenvalue weighted by molar-refractivity contribution is 7.87. The van der Waals surface area contributed by atoms with E-state index < -0.39 is 22.3 Å². The van der Waals surface area contributed by atoms with Crippen LogP contribution in [0.2, 0.25) is 0 Å². The molecule has 1 fully saturated rings. The minimum absolute atomic E-state index is 0.00986. The lowest BCUT2D eigenvalue weighted by Crippen LogP contribution is -2.45. The van der Waals surface area contributed by atoms with Crippen LogP contribution in [-0.2, 0) is 15.0 Å². The number of aliphatic carboxylic acids is 1. The van der Waals surface area contributed by atoms with Crippen LogP contribution in [0.4, 0.5) is 0 Å². The van der Waals surface area contributed by atoms with Crippen molar-refractivity contribution in [3.05, 3.63) is 0 Å². The lowest BCUT2D eigenvalue weighted by Gasteiger charge is -2.30. The summed E-state index contributed by atoms with van der Waals surface area (Å²) in [5, 5.41) is 17.5. The number of nitrogens with one attached hydrogen (secondary N) is 1. The molecule has 0 spiro atoms. The summed E-state index contributed by atoms with van der Waals surface area (Å²) in [4.78, 5) is 10.4. The third-order valence-electron chi connectivity index (χ3n) is 3.46. The summed E-state index contributed by atoms with van der Waals surface area (Å²) in [6.07, 6.45) is 3.23. The number of hydrogen-bond donors (Lipinski definition) is 3. The van der Waals surface area contributed by atoms with Crippen molar-refractivity contribution in [1.29, 1.82) is 0 Å². The van der Waals surface area contributed by atoms with Gasteiger partial charge in [-0.1, -0.05) is 19.3 Å². The van der Waals surface area contributed by atoms with Crippen LogP contribution in [0.25, 0.3) is 0 Å². The number of hydrogen-bond acceptors (Lipinski definition) is 4. The minimum Gasteiger partial charge on any atom is -0.479 e. The molecule has 0 aromatic rings. The Kier molecular flexibility index (Phi) is 6.18. The molecular weight excluding hydrogens is 272 g/mol. The summed E-state index contributed by atoms with van der Waals surface area (Å²) in [6, 6.07) is 0.00986. The molecule has 19 heavy (non-hydrogen) atoms. The zero-order valence-electron chi connectivity index (χ0n) is 11.1. The molecular formula is C11H22N2O5S. The van der Waals surface area contributed by atoms with E-state index in [9.17, 15) is 13.2 Å². The van der Waals surface area contributed by atoms with Crippen molar-refractivity contribution in [2.45, 2.75) is 50.7 Å². The zero-order valence-corrected chi connectivity index (χ0v) is 11.9. The summed E-state index contributed by atoms with van der Waals surface area (Å²) in [6.45, 7) is -0.0904. The summed E-state index contributed by atoms with van der Waals surface area (Å²) in [5.74, 6) is -1.35. The predicted molar refractivity (Wildman–Crippen MR) is 69.8 cm³/mol. The molecule has 1 atom stereocenters. The van der Waals surface area contributed by atoms with Gasteiger partial charge in [0.15, 0.2) is 6.10 Å². The molecule has 0 heterocycles.